The van der Waals surface area contributed by atoms with Crippen LogP contribution in [0.25, 0.3) is 0 Å². The highest BCUT2D eigenvalue weighted by molar-refractivity contribution is 5.79. The van der Waals surface area contributed by atoms with Gasteiger partial charge in [0, 0.05) is 5.56 Å². The first kappa shape index (κ1) is 32.4. The fraction of sp³-hybridized carbons (Fsp3) is 0.727. The molecule has 1 fully saturated rings. The van der Waals surface area contributed by atoms with Crippen molar-refractivity contribution < 1.29 is 18.8 Å². The summed E-state index contributed by atoms with van der Waals surface area (Å²) >= 11 is 0. The number of likely N-dealkylation sites (N-methyl/N-ethyl adjacent to an activating group) is 1. The number of ether oxygens (including phenoxy) is 2. The van der Waals surface area contributed by atoms with E-state index in [1.807, 2.05) is 24.3 Å². The number of allylic oxidation sites excluding steroid dienone is 2. The third kappa shape index (κ3) is 15.5. The van der Waals surface area contributed by atoms with Crippen molar-refractivity contribution in [2.24, 2.45) is 0 Å². The number of hydrogen-bond donors (Lipinski definition) is 1. The minimum Gasteiger partial charge on any atom is -0.493 e. The van der Waals surface area contributed by atoms with Crippen LogP contribution in [-0.2, 0) is 16.0 Å². The number of rotatable bonds is 22. The van der Waals surface area contributed by atoms with E-state index in [4.69, 9.17) is 9.47 Å². The number of nitrogens with one attached hydrogen (secondary N) is 1. The Morgan fingerprint density at radius 2 is 1.50 bits per heavy atom. The standard InChI is InChI=1S/C33H56N2O3/c1-3-4-5-6-7-8-9-10-11-12-13-14-15-16-17-20-27-38-32-22-19-18-21-31(32)30-33(36)34-23-24-35(2)25-28-37-29-26-35/h10-11,18-19,21-22H,3-9,12-17,20,23-30H2,1-2H3/p+1/b11-10-. The SMILES string of the molecule is CCCCCCCC/C=C\CCCCCCCCOc1ccccc1CC(=O)NCC[N+]1(C)CCOCC1. The van der Waals surface area contributed by atoms with Gasteiger partial charge in [0.15, 0.2) is 0 Å². The lowest BCUT2D eigenvalue weighted by atomic mass is 10.1. The number of morpholine rings is 1. The molecule has 0 saturated carbocycles. The maximum absolute atomic E-state index is 12.5. The van der Waals surface area contributed by atoms with E-state index < -0.39 is 0 Å². The Labute approximate surface area is 233 Å². The van der Waals surface area contributed by atoms with Gasteiger partial charge < -0.3 is 19.3 Å². The summed E-state index contributed by atoms with van der Waals surface area (Å²) < 4.78 is 12.5. The van der Waals surface area contributed by atoms with Crippen LogP contribution < -0.4 is 10.1 Å². The van der Waals surface area contributed by atoms with Gasteiger partial charge in [-0.3, -0.25) is 4.79 Å². The van der Waals surface area contributed by atoms with E-state index in [1.165, 1.54) is 83.5 Å². The Morgan fingerprint density at radius 3 is 2.18 bits per heavy atom. The lowest BCUT2D eigenvalue weighted by Crippen LogP contribution is -2.54. The van der Waals surface area contributed by atoms with E-state index in [0.717, 1.165) is 61.7 Å². The first-order valence-electron chi connectivity index (χ1n) is 15.7. The number of hydrogen-bond acceptors (Lipinski definition) is 3. The molecule has 1 aliphatic rings. The van der Waals surface area contributed by atoms with Crippen molar-refractivity contribution in [3.05, 3.63) is 42.0 Å². The Bertz CT molecular complexity index is 758. The molecule has 1 N–H and O–H groups in total. The van der Waals surface area contributed by atoms with Gasteiger partial charge in [-0.1, -0.05) is 95.1 Å². The normalized spacial score (nSPS) is 15.1. The molecule has 38 heavy (non-hydrogen) atoms. The summed E-state index contributed by atoms with van der Waals surface area (Å²) in [5, 5.41) is 3.10. The van der Waals surface area contributed by atoms with Crippen molar-refractivity contribution in [1.29, 1.82) is 0 Å². The second-order valence-electron chi connectivity index (χ2n) is 11.3. The van der Waals surface area contributed by atoms with Crippen LogP contribution in [0.5, 0.6) is 5.75 Å². The van der Waals surface area contributed by atoms with E-state index in [9.17, 15) is 4.79 Å². The largest absolute Gasteiger partial charge is 0.493 e. The van der Waals surface area contributed by atoms with Crippen molar-refractivity contribution in [3.63, 3.8) is 0 Å². The highest BCUT2D eigenvalue weighted by Crippen LogP contribution is 2.19. The van der Waals surface area contributed by atoms with Gasteiger partial charge in [0.2, 0.25) is 5.91 Å². The number of amides is 1. The Morgan fingerprint density at radius 1 is 0.895 bits per heavy atom. The van der Waals surface area contributed by atoms with Crippen LogP contribution in [0.3, 0.4) is 0 Å². The van der Waals surface area contributed by atoms with Gasteiger partial charge in [0.25, 0.3) is 0 Å². The summed E-state index contributed by atoms with van der Waals surface area (Å²) in [6, 6.07) is 7.97. The number of unbranched alkanes of at least 4 members (excludes halogenated alkanes) is 12. The molecule has 0 atom stereocenters. The molecule has 1 heterocycles. The van der Waals surface area contributed by atoms with Crippen LogP contribution in [0.15, 0.2) is 36.4 Å². The van der Waals surface area contributed by atoms with Gasteiger partial charge in [-0.25, -0.2) is 0 Å². The van der Waals surface area contributed by atoms with E-state index in [2.05, 4.69) is 31.4 Å². The summed E-state index contributed by atoms with van der Waals surface area (Å²) in [5.41, 5.74) is 0.973. The first-order chi connectivity index (χ1) is 18.6. The first-order valence-corrected chi connectivity index (χ1v) is 15.7. The van der Waals surface area contributed by atoms with E-state index >= 15 is 0 Å². The fourth-order valence-electron chi connectivity index (χ4n) is 5.03. The predicted octanol–water partition coefficient (Wildman–Crippen LogP) is 7.24. The van der Waals surface area contributed by atoms with Crippen LogP contribution in [0.1, 0.15) is 102 Å². The molecule has 5 heteroatoms. The molecule has 1 saturated heterocycles. The summed E-state index contributed by atoms with van der Waals surface area (Å²) in [6.45, 7) is 8.30. The van der Waals surface area contributed by atoms with Crippen LogP contribution >= 0.6 is 0 Å². The van der Waals surface area contributed by atoms with Gasteiger partial charge in [-0.05, 0) is 38.2 Å². The summed E-state index contributed by atoms with van der Waals surface area (Å²) in [7, 11) is 2.24. The molecule has 1 aromatic rings. The van der Waals surface area contributed by atoms with E-state index in [-0.39, 0.29) is 5.91 Å². The summed E-state index contributed by atoms with van der Waals surface area (Å²) in [5.74, 6) is 0.917. The molecule has 0 unspecified atom stereocenters. The van der Waals surface area contributed by atoms with Crippen LogP contribution in [0.4, 0.5) is 0 Å². The summed E-state index contributed by atoms with van der Waals surface area (Å²) in [4.78, 5) is 12.5. The molecule has 1 amide bonds. The number of nitrogens with zero attached hydrogens (tertiary/aromatic N) is 1. The highest BCUT2D eigenvalue weighted by Gasteiger charge is 2.24. The maximum Gasteiger partial charge on any atom is 0.224 e. The highest BCUT2D eigenvalue weighted by atomic mass is 16.5. The fourth-order valence-corrected chi connectivity index (χ4v) is 5.03. The smallest absolute Gasteiger partial charge is 0.224 e. The molecule has 1 aromatic carbocycles. The maximum atomic E-state index is 12.5. The zero-order valence-electron chi connectivity index (χ0n) is 24.7. The number of para-hydroxylation sites is 1. The Hall–Kier alpha value is -1.85. The average Bonchev–Trinajstić information content (AvgIpc) is 2.91. The number of quaternary nitrogens is 1. The Balaban J connectivity index is 1.47. The zero-order valence-corrected chi connectivity index (χ0v) is 24.7. The van der Waals surface area contributed by atoms with Gasteiger partial charge in [0.05, 0.1) is 46.4 Å². The lowest BCUT2D eigenvalue weighted by molar-refractivity contribution is -0.915. The topological polar surface area (TPSA) is 47.6 Å². The molecule has 0 aliphatic carbocycles. The van der Waals surface area contributed by atoms with Crippen LogP contribution in [0, 0.1) is 0 Å². The van der Waals surface area contributed by atoms with Crippen molar-refractivity contribution in [2.75, 3.05) is 53.0 Å². The number of benzene rings is 1. The molecule has 0 radical (unpaired) electrons. The number of carbonyl (C=O) groups excluding carboxylic acids is 1. The molecule has 0 aromatic heterocycles. The molecule has 216 valence electrons. The molecular formula is C33H57N2O3+. The Kier molecular flexibility index (Phi) is 17.9. The quantitative estimate of drug-likeness (QED) is 0.0978. The lowest BCUT2D eigenvalue weighted by Gasteiger charge is -2.37. The second kappa shape index (κ2) is 21.0. The van der Waals surface area contributed by atoms with Crippen molar-refractivity contribution in [1.82, 2.24) is 5.32 Å². The van der Waals surface area contributed by atoms with Crippen molar-refractivity contribution in [2.45, 2.75) is 103 Å². The molecule has 1 aliphatic heterocycles. The average molecular weight is 530 g/mol. The third-order valence-corrected chi connectivity index (χ3v) is 7.76. The summed E-state index contributed by atoms with van der Waals surface area (Å²) in [6.07, 6.45) is 23.5. The van der Waals surface area contributed by atoms with Gasteiger partial charge in [-0.15, -0.1) is 0 Å². The van der Waals surface area contributed by atoms with Crippen molar-refractivity contribution in [3.8, 4) is 5.75 Å². The van der Waals surface area contributed by atoms with E-state index in [1.54, 1.807) is 0 Å². The molecule has 5 nitrogen and oxygen atoms in total. The van der Waals surface area contributed by atoms with Gasteiger partial charge in [0.1, 0.15) is 18.8 Å². The van der Waals surface area contributed by atoms with Gasteiger partial charge in [-0.2, -0.15) is 0 Å². The second-order valence-corrected chi connectivity index (χ2v) is 11.3. The molecule has 0 bridgehead atoms. The van der Waals surface area contributed by atoms with Crippen LogP contribution in [0.2, 0.25) is 0 Å². The van der Waals surface area contributed by atoms with E-state index in [0.29, 0.717) is 13.0 Å². The predicted molar refractivity (Wildman–Crippen MR) is 160 cm³/mol. The monoisotopic (exact) mass is 529 g/mol. The van der Waals surface area contributed by atoms with Gasteiger partial charge >= 0.3 is 0 Å². The number of carbonyl (C=O) groups is 1. The van der Waals surface area contributed by atoms with Crippen molar-refractivity contribution >= 4 is 5.91 Å². The third-order valence-electron chi connectivity index (χ3n) is 7.76. The molecule has 2 rings (SSSR count). The molecular weight excluding hydrogens is 472 g/mol. The minimum absolute atomic E-state index is 0.0677. The van der Waals surface area contributed by atoms with Crippen LogP contribution in [-0.4, -0.2) is 63.4 Å². The minimum atomic E-state index is 0.0677. The zero-order chi connectivity index (χ0) is 27.2. The molecule has 0 spiro atoms.